The lowest BCUT2D eigenvalue weighted by atomic mass is 10.0. The van der Waals surface area contributed by atoms with Crippen molar-refractivity contribution in [2.24, 2.45) is 5.92 Å². The Kier molecular flexibility index (Phi) is 21.7. The van der Waals surface area contributed by atoms with Crippen LogP contribution >= 0.6 is 0 Å². The minimum absolute atomic E-state index is 0. The molecule has 7 nitrogen and oxygen atoms in total. The van der Waals surface area contributed by atoms with Gasteiger partial charge in [-0.25, -0.2) is 14.3 Å². The number of nitrogens with zero attached hydrogens (tertiary/aromatic N) is 2. The van der Waals surface area contributed by atoms with Crippen molar-refractivity contribution in [3.8, 4) is 0 Å². The Morgan fingerprint density at radius 3 is 2.10 bits per heavy atom. The zero-order chi connectivity index (χ0) is 28.8. The predicted octanol–water partition coefficient (Wildman–Crippen LogP) is 4.39. The summed E-state index contributed by atoms with van der Waals surface area (Å²) in [5, 5.41) is 0. The van der Waals surface area contributed by atoms with E-state index in [1.54, 1.807) is 0 Å². The van der Waals surface area contributed by atoms with E-state index < -0.39 is 6.09 Å². The molecule has 0 bridgehead atoms. The van der Waals surface area contributed by atoms with Crippen molar-refractivity contribution in [1.82, 2.24) is 4.90 Å². The van der Waals surface area contributed by atoms with Gasteiger partial charge in [-0.2, -0.15) is 0 Å². The number of pyridine rings is 1. The monoisotopic (exact) mass is 596 g/mol. The summed E-state index contributed by atoms with van der Waals surface area (Å²) in [7, 11) is 0. The van der Waals surface area contributed by atoms with Crippen molar-refractivity contribution in [3.63, 3.8) is 0 Å². The smallest absolute Gasteiger partial charge is 0.417 e. The molecule has 41 heavy (non-hydrogen) atoms. The maximum atomic E-state index is 12.7. The Morgan fingerprint density at radius 1 is 0.902 bits per heavy atom. The van der Waals surface area contributed by atoms with Crippen molar-refractivity contribution in [2.75, 3.05) is 26.4 Å². The summed E-state index contributed by atoms with van der Waals surface area (Å²) in [4.78, 5) is 25.9. The highest BCUT2D eigenvalue weighted by Crippen LogP contribution is 2.21. The number of halogens is 1. The molecular weight excluding hydrogens is 540 g/mol. The Labute approximate surface area is 256 Å². The van der Waals surface area contributed by atoms with Crippen LogP contribution in [0.15, 0.2) is 24.4 Å². The molecular formula is C33H57ClN2O5. The second-order valence-electron chi connectivity index (χ2n) is 11.4. The lowest BCUT2D eigenvalue weighted by molar-refractivity contribution is -0.701. The van der Waals surface area contributed by atoms with Crippen LogP contribution in [0.1, 0.15) is 123 Å². The Morgan fingerprint density at radius 2 is 1.51 bits per heavy atom. The van der Waals surface area contributed by atoms with Crippen molar-refractivity contribution < 1.29 is 40.8 Å². The van der Waals surface area contributed by atoms with Crippen LogP contribution in [0.5, 0.6) is 0 Å². The summed E-state index contributed by atoms with van der Waals surface area (Å²) in [6.45, 7) is 8.90. The number of aromatic nitrogens is 1. The van der Waals surface area contributed by atoms with Gasteiger partial charge < -0.3 is 26.6 Å². The van der Waals surface area contributed by atoms with Gasteiger partial charge in [0.05, 0.1) is 19.3 Å². The molecule has 0 saturated carbocycles. The zero-order valence-electron chi connectivity index (χ0n) is 26.1. The van der Waals surface area contributed by atoms with Crippen LogP contribution in [0.2, 0.25) is 0 Å². The summed E-state index contributed by atoms with van der Waals surface area (Å²) in [6, 6.07) is 5.75. The molecule has 1 fully saturated rings. The van der Waals surface area contributed by atoms with Gasteiger partial charge in [0.2, 0.25) is 11.6 Å². The molecule has 0 unspecified atom stereocenters. The molecule has 1 aliphatic heterocycles. The molecule has 1 aromatic rings. The minimum atomic E-state index is -0.625. The first kappa shape index (κ1) is 37.3. The second-order valence-corrected chi connectivity index (χ2v) is 11.4. The largest absolute Gasteiger partial charge is 1.00 e. The maximum absolute atomic E-state index is 12.7. The first-order chi connectivity index (χ1) is 19.5. The number of hydrogen-bond donors (Lipinski definition) is 0. The van der Waals surface area contributed by atoms with Crippen molar-refractivity contribution in [2.45, 2.75) is 136 Å². The van der Waals surface area contributed by atoms with Crippen LogP contribution in [0.3, 0.4) is 0 Å². The predicted molar refractivity (Wildman–Crippen MR) is 159 cm³/mol. The molecule has 0 spiro atoms. The number of imide groups is 1. The normalized spacial score (nSPS) is 16.4. The third kappa shape index (κ3) is 16.5. The van der Waals surface area contributed by atoms with Gasteiger partial charge in [0, 0.05) is 31.6 Å². The molecule has 2 amide bonds. The average molecular weight is 597 g/mol. The molecule has 1 saturated heterocycles. The summed E-state index contributed by atoms with van der Waals surface area (Å²) in [5.41, 5.74) is 0.880. The van der Waals surface area contributed by atoms with Gasteiger partial charge in [0.1, 0.15) is 19.7 Å². The molecule has 0 aliphatic carbocycles. The molecule has 1 aromatic heterocycles. The van der Waals surface area contributed by atoms with Crippen LogP contribution in [-0.2, 0) is 32.1 Å². The fraction of sp³-hybridized carbons (Fsp3) is 0.788. The molecule has 2 atom stereocenters. The highest BCUT2D eigenvalue weighted by molar-refractivity contribution is 5.90. The van der Waals surface area contributed by atoms with E-state index in [-0.39, 0.29) is 37.6 Å². The van der Waals surface area contributed by atoms with E-state index in [4.69, 9.17) is 14.2 Å². The highest BCUT2D eigenvalue weighted by Gasteiger charge is 2.29. The molecule has 2 heterocycles. The second kappa shape index (κ2) is 23.8. The molecule has 0 aromatic carbocycles. The van der Waals surface area contributed by atoms with Crippen LogP contribution in [0, 0.1) is 5.92 Å². The summed E-state index contributed by atoms with van der Waals surface area (Å²) >= 11 is 0. The van der Waals surface area contributed by atoms with Crippen LogP contribution in [0.4, 0.5) is 4.79 Å². The Hall–Kier alpha value is -1.70. The van der Waals surface area contributed by atoms with Crippen molar-refractivity contribution in [3.05, 3.63) is 30.1 Å². The van der Waals surface area contributed by atoms with Gasteiger partial charge >= 0.3 is 6.09 Å². The molecule has 1 aliphatic rings. The van der Waals surface area contributed by atoms with E-state index in [9.17, 15) is 9.59 Å². The minimum Gasteiger partial charge on any atom is -1.00 e. The SMILES string of the molecule is CCCCCCCCCCCCCCCCOC[C@@H]1CO[C@H](COC(=O)N(Cc2cccc[n+]2CC)C(C)=O)C1.[Cl-]. The summed E-state index contributed by atoms with van der Waals surface area (Å²) < 4.78 is 19.2. The molecule has 236 valence electrons. The molecule has 0 radical (unpaired) electrons. The zero-order valence-corrected chi connectivity index (χ0v) is 26.9. The molecule has 2 rings (SSSR count). The maximum Gasteiger partial charge on any atom is 0.417 e. The van der Waals surface area contributed by atoms with Gasteiger partial charge in [-0.1, -0.05) is 96.5 Å². The standard InChI is InChI=1S/C33H57N2O5.ClH/c1-4-6-7-8-9-10-11-12-13-14-15-16-17-20-23-38-26-30-24-32(39-27-30)28-40-33(37)35(29(3)36)25-31-21-18-19-22-34(31)5-2;/h18-19,21-22,30,32H,4-17,20,23-28H2,1-3H3;1H/q+1;/p-1/t30-,32+;/m1./s1. The number of carbonyl (C=O) groups is 2. The summed E-state index contributed by atoms with van der Waals surface area (Å²) in [5.74, 6) is -0.00860. The molecule has 8 heteroatoms. The number of unbranched alkanes of at least 4 members (excludes halogenated alkanes) is 13. The van der Waals surface area contributed by atoms with E-state index >= 15 is 0 Å². The van der Waals surface area contributed by atoms with Gasteiger partial charge in [-0.3, -0.25) is 4.79 Å². The van der Waals surface area contributed by atoms with Crippen LogP contribution < -0.4 is 17.0 Å². The van der Waals surface area contributed by atoms with Crippen molar-refractivity contribution >= 4 is 12.0 Å². The van der Waals surface area contributed by atoms with E-state index in [1.165, 1.54) is 90.4 Å². The first-order valence-corrected chi connectivity index (χ1v) is 16.2. The fourth-order valence-electron chi connectivity index (χ4n) is 5.33. The van der Waals surface area contributed by atoms with Gasteiger partial charge in [0.25, 0.3) is 0 Å². The van der Waals surface area contributed by atoms with Gasteiger partial charge in [0.15, 0.2) is 6.20 Å². The van der Waals surface area contributed by atoms with Crippen LogP contribution in [-0.4, -0.2) is 49.4 Å². The number of rotatable bonds is 22. The topological polar surface area (TPSA) is 69.0 Å². The number of carbonyl (C=O) groups excluding carboxylic acids is 2. The number of hydrogen-bond acceptors (Lipinski definition) is 5. The Balaban J connectivity index is 0.00000840. The Bertz CT molecular complexity index is 825. The fourth-order valence-corrected chi connectivity index (χ4v) is 5.33. The van der Waals surface area contributed by atoms with Crippen LogP contribution in [0.25, 0.3) is 0 Å². The lowest BCUT2D eigenvalue weighted by Crippen LogP contribution is -3.00. The first-order valence-electron chi connectivity index (χ1n) is 16.2. The third-order valence-electron chi connectivity index (χ3n) is 7.85. The average Bonchev–Trinajstić information content (AvgIpc) is 3.42. The quantitative estimate of drug-likeness (QED) is 0.147. The van der Waals surface area contributed by atoms with E-state index in [0.29, 0.717) is 19.1 Å². The van der Waals surface area contributed by atoms with Gasteiger partial charge in [-0.05, 0) is 19.8 Å². The summed E-state index contributed by atoms with van der Waals surface area (Å²) in [6.07, 6.45) is 21.0. The van der Waals surface area contributed by atoms with Crippen molar-refractivity contribution in [1.29, 1.82) is 0 Å². The number of ether oxygens (including phenoxy) is 3. The molecule has 0 N–H and O–H groups in total. The number of amides is 2. The van der Waals surface area contributed by atoms with E-state index in [0.717, 1.165) is 36.6 Å². The third-order valence-corrected chi connectivity index (χ3v) is 7.85. The lowest BCUT2D eigenvalue weighted by Gasteiger charge is -2.19. The van der Waals surface area contributed by atoms with E-state index in [1.807, 2.05) is 35.9 Å². The van der Waals surface area contributed by atoms with E-state index in [2.05, 4.69) is 6.92 Å². The number of aryl methyl sites for hydroxylation is 1. The highest BCUT2D eigenvalue weighted by atomic mass is 35.5. The van der Waals surface area contributed by atoms with Gasteiger partial charge in [-0.15, -0.1) is 0 Å².